The number of benzene rings is 1. The zero-order valence-electron chi connectivity index (χ0n) is 15.4. The first-order valence-electron chi connectivity index (χ1n) is 8.13. The lowest BCUT2D eigenvalue weighted by atomic mass is 10.1. The average molecular weight is 511 g/mol. The van der Waals surface area contributed by atoms with Crippen LogP contribution in [0, 0.1) is 0 Å². The molecule has 0 radical (unpaired) electrons. The summed E-state index contributed by atoms with van der Waals surface area (Å²) in [6, 6.07) is 8.95. The largest absolute Gasteiger partial charge is 0.497 e. The van der Waals surface area contributed by atoms with E-state index in [-0.39, 0.29) is 29.7 Å². The molecule has 0 saturated heterocycles. The summed E-state index contributed by atoms with van der Waals surface area (Å²) in [7, 11) is 3.13. The Labute approximate surface area is 179 Å². The van der Waals surface area contributed by atoms with Crippen LogP contribution in [-0.4, -0.2) is 33.3 Å². The van der Waals surface area contributed by atoms with Gasteiger partial charge in [0.25, 0.3) is 0 Å². The molecule has 2 N–H and O–H groups in total. The van der Waals surface area contributed by atoms with Crippen molar-refractivity contribution >= 4 is 41.3 Å². The van der Waals surface area contributed by atoms with E-state index in [1.54, 1.807) is 30.5 Å². The van der Waals surface area contributed by atoms with E-state index in [0.717, 1.165) is 0 Å². The normalized spacial score (nSPS) is 12.3. The predicted molar refractivity (Wildman–Crippen MR) is 116 cm³/mol. The van der Waals surface area contributed by atoms with E-state index in [9.17, 15) is 8.78 Å². The first-order chi connectivity index (χ1) is 12.5. The Kier molecular flexibility index (Phi) is 10.4. The third-order valence-electron chi connectivity index (χ3n) is 3.76. The summed E-state index contributed by atoms with van der Waals surface area (Å²) in [5.74, 6) is 1.46. The molecule has 27 heavy (non-hydrogen) atoms. The number of thiophene rings is 1. The van der Waals surface area contributed by atoms with Crippen molar-refractivity contribution in [1.82, 2.24) is 10.6 Å². The molecule has 1 unspecified atom stereocenters. The van der Waals surface area contributed by atoms with Crippen LogP contribution in [0.5, 0.6) is 11.5 Å². The lowest BCUT2D eigenvalue weighted by Gasteiger charge is -2.17. The van der Waals surface area contributed by atoms with Gasteiger partial charge in [-0.05, 0) is 23.6 Å². The number of aliphatic imine (C=N–C) groups is 1. The number of hydrogen-bond donors (Lipinski definition) is 2. The van der Waals surface area contributed by atoms with Gasteiger partial charge in [0.15, 0.2) is 5.96 Å². The molecule has 0 amide bonds. The molecule has 0 spiro atoms. The molecular weight excluding hydrogens is 487 g/mol. The molecule has 0 aliphatic heterocycles. The second kappa shape index (κ2) is 12.0. The quantitative estimate of drug-likeness (QED) is 0.313. The van der Waals surface area contributed by atoms with Gasteiger partial charge in [0.2, 0.25) is 0 Å². The van der Waals surface area contributed by atoms with Gasteiger partial charge < -0.3 is 20.1 Å². The van der Waals surface area contributed by atoms with E-state index >= 15 is 0 Å². The number of hydrogen-bond acceptors (Lipinski definition) is 4. The number of ether oxygens (including phenoxy) is 2. The fourth-order valence-electron chi connectivity index (χ4n) is 2.34. The van der Waals surface area contributed by atoms with E-state index in [2.05, 4.69) is 33.4 Å². The Morgan fingerprint density at radius 3 is 2.63 bits per heavy atom. The molecule has 0 bridgehead atoms. The second-order valence-electron chi connectivity index (χ2n) is 5.58. The fourth-order valence-corrected chi connectivity index (χ4v) is 3.12. The number of alkyl halides is 2. The summed E-state index contributed by atoms with van der Waals surface area (Å²) < 4.78 is 34.9. The molecule has 0 aliphatic carbocycles. The topological polar surface area (TPSA) is 54.9 Å². The predicted octanol–water partition coefficient (Wildman–Crippen LogP) is 4.44. The van der Waals surface area contributed by atoms with Crippen molar-refractivity contribution in [3.05, 3.63) is 46.2 Å². The maximum atomic E-state index is 12.6. The highest BCUT2D eigenvalue weighted by atomic mass is 127. The third kappa shape index (κ3) is 7.49. The van der Waals surface area contributed by atoms with Gasteiger partial charge in [0.1, 0.15) is 11.5 Å². The van der Waals surface area contributed by atoms with Crippen LogP contribution >= 0.6 is 35.3 Å². The minimum atomic E-state index is -2.90. The van der Waals surface area contributed by atoms with Crippen LogP contribution in [-0.2, 0) is 6.54 Å². The smallest absolute Gasteiger partial charge is 0.387 e. The summed E-state index contributed by atoms with van der Waals surface area (Å²) in [4.78, 5) is 5.45. The molecule has 150 valence electrons. The molecule has 1 heterocycles. The van der Waals surface area contributed by atoms with Crippen molar-refractivity contribution in [3.63, 3.8) is 0 Å². The van der Waals surface area contributed by atoms with Crippen LogP contribution in [0.3, 0.4) is 0 Å². The van der Waals surface area contributed by atoms with Crippen molar-refractivity contribution in [2.75, 3.05) is 20.7 Å². The number of halogens is 3. The highest BCUT2D eigenvalue weighted by molar-refractivity contribution is 14.0. The van der Waals surface area contributed by atoms with Crippen molar-refractivity contribution in [1.29, 1.82) is 0 Å². The van der Waals surface area contributed by atoms with Gasteiger partial charge in [-0.15, -0.1) is 35.3 Å². The van der Waals surface area contributed by atoms with E-state index in [1.807, 2.05) is 11.4 Å². The Morgan fingerprint density at radius 2 is 2.04 bits per heavy atom. The molecule has 1 aromatic carbocycles. The highest BCUT2D eigenvalue weighted by Gasteiger charge is 2.12. The monoisotopic (exact) mass is 511 g/mol. The highest BCUT2D eigenvalue weighted by Crippen LogP contribution is 2.26. The maximum Gasteiger partial charge on any atom is 0.387 e. The number of nitrogens with one attached hydrogen (secondary N) is 2. The molecule has 9 heteroatoms. The van der Waals surface area contributed by atoms with Crippen molar-refractivity contribution in [3.8, 4) is 11.5 Å². The molecule has 2 aromatic rings. The maximum absolute atomic E-state index is 12.6. The molecule has 1 aromatic heterocycles. The SMILES string of the molecule is CN=C(NCc1ccc(OC)cc1OC(F)F)NCC(C)c1cccs1.I. The Morgan fingerprint density at radius 1 is 1.26 bits per heavy atom. The van der Waals surface area contributed by atoms with Crippen molar-refractivity contribution in [2.24, 2.45) is 4.99 Å². The molecule has 0 saturated carbocycles. The summed E-state index contributed by atoms with van der Waals surface area (Å²) in [6.07, 6.45) is 0. The van der Waals surface area contributed by atoms with Crippen LogP contribution in [0.2, 0.25) is 0 Å². The first-order valence-corrected chi connectivity index (χ1v) is 9.01. The molecule has 0 aliphatic rings. The average Bonchev–Trinajstić information content (AvgIpc) is 3.16. The van der Waals surface area contributed by atoms with Gasteiger partial charge in [0.05, 0.1) is 7.11 Å². The van der Waals surface area contributed by atoms with Gasteiger partial charge in [-0.25, -0.2) is 0 Å². The van der Waals surface area contributed by atoms with Crippen LogP contribution in [0.4, 0.5) is 8.78 Å². The van der Waals surface area contributed by atoms with E-state index in [0.29, 0.717) is 36.3 Å². The molecule has 1 atom stereocenters. The molecular formula is C18H24F2IN3O2S. The Bertz CT molecular complexity index is 715. The second-order valence-corrected chi connectivity index (χ2v) is 6.55. The van der Waals surface area contributed by atoms with Crippen LogP contribution in [0.1, 0.15) is 23.3 Å². The minimum absolute atomic E-state index is 0. The summed E-state index contributed by atoms with van der Waals surface area (Å²) >= 11 is 1.71. The van der Waals surface area contributed by atoms with E-state index < -0.39 is 6.61 Å². The Balaban J connectivity index is 0.00000364. The van der Waals surface area contributed by atoms with Crippen LogP contribution in [0.15, 0.2) is 40.7 Å². The Hall–Kier alpha value is -1.62. The summed E-state index contributed by atoms with van der Waals surface area (Å²) in [5, 5.41) is 8.41. The zero-order chi connectivity index (χ0) is 18.9. The van der Waals surface area contributed by atoms with Crippen LogP contribution < -0.4 is 20.1 Å². The number of rotatable bonds is 8. The first kappa shape index (κ1) is 23.4. The lowest BCUT2D eigenvalue weighted by Crippen LogP contribution is -2.38. The zero-order valence-corrected chi connectivity index (χ0v) is 18.5. The third-order valence-corrected chi connectivity index (χ3v) is 4.87. The molecule has 2 rings (SSSR count). The fraction of sp³-hybridized carbons (Fsp3) is 0.389. The number of nitrogens with zero attached hydrogens (tertiary/aromatic N) is 1. The summed E-state index contributed by atoms with van der Waals surface area (Å²) in [6.45, 7) is 0.233. The minimum Gasteiger partial charge on any atom is -0.497 e. The van der Waals surface area contributed by atoms with Gasteiger partial charge in [-0.2, -0.15) is 8.78 Å². The molecule has 0 fully saturated rings. The van der Waals surface area contributed by atoms with Crippen molar-refractivity contribution in [2.45, 2.75) is 26.0 Å². The van der Waals surface area contributed by atoms with Gasteiger partial charge in [-0.1, -0.05) is 13.0 Å². The van der Waals surface area contributed by atoms with Gasteiger partial charge in [-0.3, -0.25) is 4.99 Å². The lowest BCUT2D eigenvalue weighted by molar-refractivity contribution is -0.0505. The van der Waals surface area contributed by atoms with Gasteiger partial charge in [0, 0.05) is 42.6 Å². The standard InChI is InChI=1S/C18H23F2N3O2S.HI/c1-12(16-5-4-8-26-16)10-22-18(21-2)23-11-13-6-7-14(24-3)9-15(13)25-17(19)20;/h4-9,12,17H,10-11H2,1-3H3,(H2,21,22,23);1H. The van der Waals surface area contributed by atoms with E-state index in [1.165, 1.54) is 18.1 Å². The number of guanidine groups is 1. The summed E-state index contributed by atoms with van der Waals surface area (Å²) in [5.41, 5.74) is 0.584. The van der Waals surface area contributed by atoms with Crippen molar-refractivity contribution < 1.29 is 18.3 Å². The van der Waals surface area contributed by atoms with Gasteiger partial charge >= 0.3 is 6.61 Å². The number of methoxy groups -OCH3 is 1. The molecule has 5 nitrogen and oxygen atoms in total. The van der Waals surface area contributed by atoms with E-state index in [4.69, 9.17) is 4.74 Å². The van der Waals surface area contributed by atoms with Crippen LogP contribution in [0.25, 0.3) is 0 Å².